The van der Waals surface area contributed by atoms with Crippen LogP contribution in [0, 0.1) is 0 Å². The van der Waals surface area contributed by atoms with E-state index in [0.29, 0.717) is 0 Å². The Morgan fingerprint density at radius 3 is 2.73 bits per heavy atom. The minimum atomic E-state index is -0.400. The second kappa shape index (κ2) is 4.28. The number of hydrogen-bond acceptors (Lipinski definition) is 4. The lowest BCUT2D eigenvalue weighted by Crippen LogP contribution is -2.36. The van der Waals surface area contributed by atoms with Gasteiger partial charge in [-0.3, -0.25) is 0 Å². The summed E-state index contributed by atoms with van der Waals surface area (Å²) in [6.07, 6.45) is 0. The van der Waals surface area contributed by atoms with Gasteiger partial charge in [-0.2, -0.15) is 0 Å². The molecule has 3 nitrogen and oxygen atoms in total. The maximum atomic E-state index is 8.97. The largest absolute Gasteiger partial charge is 0.395 e. The molecular formula is C11H14N2OS. The molecule has 2 unspecified atom stereocenters. The molecule has 0 aliphatic heterocycles. The zero-order chi connectivity index (χ0) is 10.8. The van der Waals surface area contributed by atoms with Gasteiger partial charge in [0.2, 0.25) is 0 Å². The lowest BCUT2D eigenvalue weighted by Gasteiger charge is -2.16. The van der Waals surface area contributed by atoms with Gasteiger partial charge in [0.1, 0.15) is 0 Å². The monoisotopic (exact) mass is 222 g/mol. The summed E-state index contributed by atoms with van der Waals surface area (Å²) < 4.78 is 1.20. The molecule has 0 radical (unpaired) electrons. The molecule has 1 aromatic carbocycles. The normalized spacial score (nSPS) is 15.4. The van der Waals surface area contributed by atoms with E-state index >= 15 is 0 Å². The van der Waals surface area contributed by atoms with E-state index in [0.717, 1.165) is 10.9 Å². The molecular weight excluding hydrogens is 208 g/mol. The van der Waals surface area contributed by atoms with Gasteiger partial charge in [0.25, 0.3) is 0 Å². The van der Waals surface area contributed by atoms with Crippen molar-refractivity contribution in [1.82, 2.24) is 0 Å². The van der Waals surface area contributed by atoms with E-state index < -0.39 is 6.04 Å². The summed E-state index contributed by atoms with van der Waals surface area (Å²) in [4.78, 5) is 0. The van der Waals surface area contributed by atoms with E-state index in [1.807, 2.05) is 23.6 Å². The maximum absolute atomic E-state index is 8.97. The minimum absolute atomic E-state index is 0.0919. The summed E-state index contributed by atoms with van der Waals surface area (Å²) in [5, 5.41) is 12.1. The van der Waals surface area contributed by atoms with Crippen LogP contribution in [0.15, 0.2) is 29.6 Å². The molecule has 2 atom stereocenters. The average molecular weight is 222 g/mol. The van der Waals surface area contributed by atoms with Crippen LogP contribution in [0.4, 0.5) is 0 Å². The smallest absolute Gasteiger partial charge is 0.0601 e. The van der Waals surface area contributed by atoms with Crippen LogP contribution >= 0.6 is 11.3 Å². The second-order valence-corrected chi connectivity index (χ2v) is 4.47. The van der Waals surface area contributed by atoms with Crippen LogP contribution in [0.25, 0.3) is 10.1 Å². The third-order valence-corrected chi connectivity index (χ3v) is 3.52. The van der Waals surface area contributed by atoms with Crippen molar-refractivity contribution in [3.63, 3.8) is 0 Å². The van der Waals surface area contributed by atoms with E-state index in [4.69, 9.17) is 16.6 Å². The van der Waals surface area contributed by atoms with Gasteiger partial charge >= 0.3 is 0 Å². The molecule has 0 spiro atoms. The number of thiophene rings is 1. The first-order chi connectivity index (χ1) is 7.24. The summed E-state index contributed by atoms with van der Waals surface area (Å²) in [5.41, 5.74) is 12.7. The Morgan fingerprint density at radius 2 is 2.00 bits per heavy atom. The van der Waals surface area contributed by atoms with E-state index in [1.165, 1.54) is 4.70 Å². The van der Waals surface area contributed by atoms with E-state index in [-0.39, 0.29) is 12.6 Å². The first-order valence-corrected chi connectivity index (χ1v) is 5.70. The van der Waals surface area contributed by atoms with Crippen LogP contribution in [0.3, 0.4) is 0 Å². The number of benzene rings is 1. The van der Waals surface area contributed by atoms with Crippen LogP contribution in [-0.2, 0) is 0 Å². The third-order valence-electron chi connectivity index (χ3n) is 2.54. The van der Waals surface area contributed by atoms with Crippen molar-refractivity contribution < 1.29 is 5.11 Å². The number of rotatable bonds is 3. The van der Waals surface area contributed by atoms with Crippen molar-refractivity contribution >= 4 is 21.4 Å². The molecule has 2 rings (SSSR count). The second-order valence-electron chi connectivity index (χ2n) is 3.56. The summed E-state index contributed by atoms with van der Waals surface area (Å²) in [6.45, 7) is -0.0919. The number of nitrogens with two attached hydrogens (primary N) is 2. The van der Waals surface area contributed by atoms with Gasteiger partial charge in [-0.15, -0.1) is 11.3 Å². The highest BCUT2D eigenvalue weighted by atomic mass is 32.1. The maximum Gasteiger partial charge on any atom is 0.0601 e. The van der Waals surface area contributed by atoms with Crippen LogP contribution in [0.1, 0.15) is 11.6 Å². The minimum Gasteiger partial charge on any atom is -0.395 e. The van der Waals surface area contributed by atoms with Gasteiger partial charge in [-0.1, -0.05) is 18.2 Å². The Morgan fingerprint density at radius 1 is 1.27 bits per heavy atom. The molecule has 0 fully saturated rings. The Bertz CT molecular complexity index is 455. The van der Waals surface area contributed by atoms with Crippen LogP contribution in [0.5, 0.6) is 0 Å². The van der Waals surface area contributed by atoms with Gasteiger partial charge < -0.3 is 16.6 Å². The Labute approximate surface area is 92.3 Å². The van der Waals surface area contributed by atoms with Crippen LogP contribution < -0.4 is 11.5 Å². The Hall–Kier alpha value is -0.940. The molecule has 4 heteroatoms. The number of aliphatic hydroxyl groups is 1. The van der Waals surface area contributed by atoms with E-state index in [1.54, 1.807) is 11.3 Å². The molecule has 15 heavy (non-hydrogen) atoms. The summed E-state index contributed by atoms with van der Waals surface area (Å²) >= 11 is 1.65. The first-order valence-electron chi connectivity index (χ1n) is 4.82. The lowest BCUT2D eigenvalue weighted by atomic mass is 10.0. The van der Waals surface area contributed by atoms with Crippen molar-refractivity contribution in [3.8, 4) is 0 Å². The predicted molar refractivity (Wildman–Crippen MR) is 63.8 cm³/mol. The molecule has 0 bridgehead atoms. The molecule has 1 aromatic heterocycles. The summed E-state index contributed by atoms with van der Waals surface area (Å²) in [7, 11) is 0. The van der Waals surface area contributed by atoms with Crippen molar-refractivity contribution in [2.45, 2.75) is 12.1 Å². The highest BCUT2D eigenvalue weighted by Gasteiger charge is 2.17. The van der Waals surface area contributed by atoms with Gasteiger partial charge in [-0.05, 0) is 22.4 Å². The quantitative estimate of drug-likeness (QED) is 0.731. The highest BCUT2D eigenvalue weighted by Crippen LogP contribution is 2.29. The lowest BCUT2D eigenvalue weighted by molar-refractivity contribution is 0.250. The van der Waals surface area contributed by atoms with Crippen molar-refractivity contribution in [2.75, 3.05) is 6.61 Å². The van der Waals surface area contributed by atoms with E-state index in [2.05, 4.69) is 6.07 Å². The van der Waals surface area contributed by atoms with Crippen molar-refractivity contribution in [1.29, 1.82) is 0 Å². The molecule has 0 amide bonds. The highest BCUT2D eigenvalue weighted by molar-refractivity contribution is 7.17. The fourth-order valence-corrected chi connectivity index (χ4v) is 2.61. The first kappa shape index (κ1) is 10.6. The molecule has 0 aliphatic rings. The zero-order valence-electron chi connectivity index (χ0n) is 8.26. The number of fused-ring (bicyclic) bond motifs is 1. The van der Waals surface area contributed by atoms with Gasteiger partial charge in [0.05, 0.1) is 6.61 Å². The molecule has 0 saturated carbocycles. The van der Waals surface area contributed by atoms with Gasteiger partial charge in [0.15, 0.2) is 0 Å². The Balaban J connectivity index is 2.43. The zero-order valence-corrected chi connectivity index (χ0v) is 9.08. The summed E-state index contributed by atoms with van der Waals surface area (Å²) in [6, 6.07) is 7.37. The summed E-state index contributed by atoms with van der Waals surface area (Å²) in [5.74, 6) is 0. The fraction of sp³-hybridized carbons (Fsp3) is 0.273. The standard InChI is InChI=1S/C11H14N2OS/c12-9(5-14)11(13)8-6-15-10-4-2-1-3-7(8)10/h1-4,6,9,11,14H,5,12-13H2. The van der Waals surface area contributed by atoms with Gasteiger partial charge in [-0.25, -0.2) is 0 Å². The topological polar surface area (TPSA) is 72.3 Å². The molecule has 1 heterocycles. The molecule has 2 aromatic rings. The number of hydrogen-bond donors (Lipinski definition) is 3. The van der Waals surface area contributed by atoms with E-state index in [9.17, 15) is 0 Å². The van der Waals surface area contributed by atoms with Gasteiger partial charge in [0, 0.05) is 16.8 Å². The van der Waals surface area contributed by atoms with Crippen molar-refractivity contribution in [3.05, 3.63) is 35.2 Å². The average Bonchev–Trinajstić information content (AvgIpc) is 2.70. The fourth-order valence-electron chi connectivity index (χ4n) is 1.60. The molecule has 0 aliphatic carbocycles. The SMILES string of the molecule is NC(CO)C(N)c1csc2ccccc12. The molecule has 0 saturated heterocycles. The molecule has 80 valence electrons. The van der Waals surface area contributed by atoms with Crippen LogP contribution in [-0.4, -0.2) is 17.8 Å². The molecule has 5 N–H and O–H groups in total. The Kier molecular flexibility index (Phi) is 3.02. The van der Waals surface area contributed by atoms with Crippen LogP contribution in [0.2, 0.25) is 0 Å². The van der Waals surface area contributed by atoms with Crippen molar-refractivity contribution in [2.24, 2.45) is 11.5 Å². The number of aliphatic hydroxyl groups excluding tert-OH is 1. The predicted octanol–water partition coefficient (Wildman–Crippen LogP) is 1.22. The third kappa shape index (κ3) is 1.89.